The number of benzene rings is 2. The number of amides is 2. The summed E-state index contributed by atoms with van der Waals surface area (Å²) in [7, 11) is 1.35. The molecule has 1 heterocycles. The lowest BCUT2D eigenvalue weighted by Crippen LogP contribution is -2.41. The molecule has 6 heteroatoms. The van der Waals surface area contributed by atoms with E-state index in [0.717, 1.165) is 21.5 Å². The van der Waals surface area contributed by atoms with Crippen LogP contribution in [0.4, 0.5) is 10.6 Å². The molecule has 24 heavy (non-hydrogen) atoms. The van der Waals surface area contributed by atoms with Crippen LogP contribution in [0.1, 0.15) is 5.56 Å². The number of carbonyl (C=O) groups excluding carboxylic acids is 1. The fraction of sp³-hybridized carbons (Fsp3) is 0.111. The molecule has 0 saturated heterocycles. The van der Waals surface area contributed by atoms with E-state index in [4.69, 9.17) is 4.84 Å². The first-order valence-electron chi connectivity index (χ1n) is 7.43. The normalized spacial score (nSPS) is 10.6. The smallest absolute Gasteiger partial charge is 0.284 e. The van der Waals surface area contributed by atoms with Crippen molar-refractivity contribution in [2.24, 2.45) is 0 Å². The van der Waals surface area contributed by atoms with Crippen molar-refractivity contribution in [2.45, 2.75) is 6.54 Å². The fourth-order valence-corrected chi connectivity index (χ4v) is 2.37. The summed E-state index contributed by atoms with van der Waals surface area (Å²) in [5, 5.41) is 12.6. The summed E-state index contributed by atoms with van der Waals surface area (Å²) in [5.41, 5.74) is 1.54. The number of anilines is 1. The van der Waals surface area contributed by atoms with Crippen molar-refractivity contribution in [3.8, 4) is 0 Å². The van der Waals surface area contributed by atoms with Crippen LogP contribution in [0.5, 0.6) is 0 Å². The summed E-state index contributed by atoms with van der Waals surface area (Å²) in [6.07, 6.45) is 0. The van der Waals surface area contributed by atoms with Crippen molar-refractivity contribution >= 4 is 22.8 Å². The molecule has 6 nitrogen and oxygen atoms in total. The van der Waals surface area contributed by atoms with Gasteiger partial charge in [-0.1, -0.05) is 48.5 Å². The van der Waals surface area contributed by atoms with Crippen molar-refractivity contribution in [1.82, 2.24) is 10.0 Å². The summed E-state index contributed by atoms with van der Waals surface area (Å²) < 4.78 is 0. The fourth-order valence-electron chi connectivity index (χ4n) is 2.37. The van der Waals surface area contributed by atoms with Gasteiger partial charge in [-0.15, -0.1) is 5.06 Å². The molecule has 0 atom stereocenters. The number of aromatic nitrogens is 1. The third-order valence-corrected chi connectivity index (χ3v) is 3.54. The van der Waals surface area contributed by atoms with Crippen LogP contribution >= 0.6 is 0 Å². The first-order chi connectivity index (χ1) is 11.7. The SMILES string of the molecule is CON(C(=O)N(O)Cc1ccccc1)c1ccc2ccccc2n1. The van der Waals surface area contributed by atoms with Gasteiger partial charge in [0.1, 0.15) is 0 Å². The van der Waals surface area contributed by atoms with E-state index in [1.807, 2.05) is 60.7 Å². The highest BCUT2D eigenvalue weighted by atomic mass is 16.7. The van der Waals surface area contributed by atoms with E-state index in [2.05, 4.69) is 4.98 Å². The van der Waals surface area contributed by atoms with Gasteiger partial charge >= 0.3 is 6.03 Å². The number of carbonyl (C=O) groups is 1. The molecular formula is C18H17N3O3. The number of hydrogen-bond donors (Lipinski definition) is 1. The molecule has 0 fully saturated rings. The van der Waals surface area contributed by atoms with Crippen LogP contribution in [0.15, 0.2) is 66.7 Å². The number of fused-ring (bicyclic) bond motifs is 1. The van der Waals surface area contributed by atoms with Crippen molar-refractivity contribution in [3.63, 3.8) is 0 Å². The lowest BCUT2D eigenvalue weighted by Gasteiger charge is -2.23. The second-order valence-corrected chi connectivity index (χ2v) is 5.16. The molecule has 2 aromatic carbocycles. The first-order valence-corrected chi connectivity index (χ1v) is 7.43. The average Bonchev–Trinajstić information content (AvgIpc) is 2.63. The van der Waals surface area contributed by atoms with Gasteiger partial charge in [0.15, 0.2) is 5.82 Å². The number of hydroxylamine groups is 3. The minimum absolute atomic E-state index is 0.0487. The van der Waals surface area contributed by atoms with Crippen LogP contribution in [0, 0.1) is 0 Å². The Morgan fingerprint density at radius 3 is 2.50 bits per heavy atom. The number of pyridine rings is 1. The number of rotatable bonds is 4. The highest BCUT2D eigenvalue weighted by Gasteiger charge is 2.23. The quantitative estimate of drug-likeness (QED) is 0.588. The van der Waals surface area contributed by atoms with Crippen LogP contribution in [0.2, 0.25) is 0 Å². The maximum atomic E-state index is 12.5. The van der Waals surface area contributed by atoms with Crippen LogP contribution in [0.3, 0.4) is 0 Å². The van der Waals surface area contributed by atoms with Gasteiger partial charge in [-0.3, -0.25) is 10.0 Å². The van der Waals surface area contributed by atoms with Crippen molar-refractivity contribution in [3.05, 3.63) is 72.3 Å². The Labute approximate surface area is 139 Å². The Morgan fingerprint density at radius 2 is 1.75 bits per heavy atom. The van der Waals surface area contributed by atoms with Gasteiger partial charge in [-0.2, -0.15) is 5.06 Å². The predicted octanol–water partition coefficient (Wildman–Crippen LogP) is 3.61. The van der Waals surface area contributed by atoms with Gasteiger partial charge in [-0.05, 0) is 23.8 Å². The van der Waals surface area contributed by atoms with Crippen molar-refractivity contribution in [1.29, 1.82) is 0 Å². The predicted molar refractivity (Wildman–Crippen MR) is 90.4 cm³/mol. The van der Waals surface area contributed by atoms with Gasteiger partial charge < -0.3 is 0 Å². The van der Waals surface area contributed by atoms with E-state index in [9.17, 15) is 10.0 Å². The number of hydrogen-bond acceptors (Lipinski definition) is 4. The van der Waals surface area contributed by atoms with E-state index >= 15 is 0 Å². The molecule has 1 N–H and O–H groups in total. The zero-order valence-electron chi connectivity index (χ0n) is 13.2. The van der Waals surface area contributed by atoms with Gasteiger partial charge in [0.05, 0.1) is 19.2 Å². The summed E-state index contributed by atoms with van der Waals surface area (Å²) in [5.74, 6) is 0.299. The average molecular weight is 323 g/mol. The van der Waals surface area contributed by atoms with Crippen LogP contribution < -0.4 is 5.06 Å². The maximum Gasteiger partial charge on any atom is 0.374 e. The molecule has 0 aliphatic rings. The highest BCUT2D eigenvalue weighted by molar-refractivity contribution is 5.90. The second-order valence-electron chi connectivity index (χ2n) is 5.16. The minimum Gasteiger partial charge on any atom is -0.284 e. The molecule has 0 bridgehead atoms. The summed E-state index contributed by atoms with van der Waals surface area (Å²) in [6, 6.07) is 19.5. The van der Waals surface area contributed by atoms with Gasteiger partial charge in [0.2, 0.25) is 0 Å². The van der Waals surface area contributed by atoms with Crippen LogP contribution in [0.25, 0.3) is 10.9 Å². The zero-order valence-corrected chi connectivity index (χ0v) is 13.2. The lowest BCUT2D eigenvalue weighted by atomic mass is 10.2. The molecule has 0 unspecified atom stereocenters. The largest absolute Gasteiger partial charge is 0.374 e. The summed E-state index contributed by atoms with van der Waals surface area (Å²) in [4.78, 5) is 22.0. The summed E-state index contributed by atoms with van der Waals surface area (Å²) in [6.45, 7) is 0.0487. The molecule has 2 amide bonds. The third kappa shape index (κ3) is 3.34. The number of para-hydroxylation sites is 1. The molecule has 0 aliphatic carbocycles. The second kappa shape index (κ2) is 7.08. The van der Waals surface area contributed by atoms with Gasteiger partial charge in [0.25, 0.3) is 0 Å². The standard InChI is InChI=1S/C18H17N3O3/c1-24-21(17-12-11-15-9-5-6-10-16(15)19-17)18(22)20(23)13-14-7-3-2-4-8-14/h2-12,23H,13H2,1H3. The van der Waals surface area contributed by atoms with Gasteiger partial charge in [-0.25, -0.2) is 9.78 Å². The molecule has 1 aromatic heterocycles. The minimum atomic E-state index is -0.718. The van der Waals surface area contributed by atoms with E-state index in [1.54, 1.807) is 6.07 Å². The molecule has 0 spiro atoms. The Hall–Kier alpha value is -2.96. The molecule has 3 rings (SSSR count). The number of urea groups is 1. The monoisotopic (exact) mass is 323 g/mol. The molecule has 0 radical (unpaired) electrons. The molecule has 0 aliphatic heterocycles. The highest BCUT2D eigenvalue weighted by Crippen LogP contribution is 2.19. The topological polar surface area (TPSA) is 65.9 Å². The molecule has 122 valence electrons. The Bertz CT molecular complexity index is 839. The zero-order chi connectivity index (χ0) is 16.9. The Morgan fingerprint density at radius 1 is 1.04 bits per heavy atom. The third-order valence-electron chi connectivity index (χ3n) is 3.54. The van der Waals surface area contributed by atoms with E-state index in [0.29, 0.717) is 10.9 Å². The molecule has 3 aromatic rings. The first kappa shape index (κ1) is 15.9. The Balaban J connectivity index is 1.82. The molecule has 0 saturated carbocycles. The van der Waals surface area contributed by atoms with Crippen molar-refractivity contribution in [2.75, 3.05) is 12.2 Å². The van der Waals surface area contributed by atoms with Crippen molar-refractivity contribution < 1.29 is 14.8 Å². The molecular weight excluding hydrogens is 306 g/mol. The van der Waals surface area contributed by atoms with Crippen LogP contribution in [-0.4, -0.2) is 28.4 Å². The summed E-state index contributed by atoms with van der Waals surface area (Å²) >= 11 is 0. The van der Waals surface area contributed by atoms with E-state index in [-0.39, 0.29) is 6.54 Å². The van der Waals surface area contributed by atoms with E-state index in [1.165, 1.54) is 7.11 Å². The van der Waals surface area contributed by atoms with E-state index < -0.39 is 6.03 Å². The number of nitrogens with zero attached hydrogens (tertiary/aromatic N) is 3. The van der Waals surface area contributed by atoms with Gasteiger partial charge in [0, 0.05) is 5.39 Å². The lowest BCUT2D eigenvalue weighted by molar-refractivity contribution is -0.0571. The van der Waals surface area contributed by atoms with Crippen LogP contribution in [-0.2, 0) is 11.4 Å². The maximum absolute atomic E-state index is 12.5. The Kier molecular flexibility index (Phi) is 4.69.